The minimum atomic E-state index is 0.0114. The molecule has 0 aromatic carbocycles. The molecule has 0 aliphatic heterocycles. The summed E-state index contributed by atoms with van der Waals surface area (Å²) in [6.45, 7) is 4.73. The van der Waals surface area contributed by atoms with Crippen LogP contribution in [0.1, 0.15) is 58.3 Å². The second kappa shape index (κ2) is 11.7. The van der Waals surface area contributed by atoms with Crippen LogP contribution < -0.4 is 0 Å². The summed E-state index contributed by atoms with van der Waals surface area (Å²) in [6.07, 6.45) is 11.6. The average molecular weight is 241 g/mol. The number of rotatable bonds is 10. The van der Waals surface area contributed by atoms with E-state index in [9.17, 15) is 0 Å². The van der Waals surface area contributed by atoms with Gasteiger partial charge < -0.3 is 0 Å². The van der Waals surface area contributed by atoms with Crippen LogP contribution in [-0.2, 0) is 0 Å². The van der Waals surface area contributed by atoms with Crippen LogP contribution in [0.4, 0.5) is 0 Å². The van der Waals surface area contributed by atoms with Gasteiger partial charge in [0.1, 0.15) is 0 Å². The lowest BCUT2D eigenvalue weighted by atomic mass is 10.1. The van der Waals surface area contributed by atoms with E-state index < -0.39 is 0 Å². The second-order valence-corrected chi connectivity index (χ2v) is 12.0. The Kier molecular flexibility index (Phi) is 12.3. The highest BCUT2D eigenvalue weighted by atomic mass is 29.5. The Balaban J connectivity index is 2.92. The van der Waals surface area contributed by atoms with Gasteiger partial charge in [-0.1, -0.05) is 70.9 Å². The molecule has 0 aromatic rings. The van der Waals surface area contributed by atoms with Crippen molar-refractivity contribution in [1.82, 2.24) is 0 Å². The molecule has 0 aliphatic carbocycles. The third-order valence-corrected chi connectivity index (χ3v) is 10.0. The van der Waals surface area contributed by atoms with Crippen molar-refractivity contribution in [1.29, 1.82) is 0 Å². The van der Waals surface area contributed by atoms with E-state index in [1.165, 1.54) is 57.4 Å². The summed E-state index contributed by atoms with van der Waals surface area (Å²) in [5.41, 5.74) is 0. The third-order valence-electron chi connectivity index (χ3n) is 2.62. The van der Waals surface area contributed by atoms with Crippen LogP contribution in [-0.4, -0.2) is 26.6 Å². The molecular weight excluding hydrogens is 216 g/mol. The molecule has 3 heteroatoms. The summed E-state index contributed by atoms with van der Waals surface area (Å²) < 4.78 is 0. The molecule has 0 unspecified atom stereocenters. The Bertz CT molecular complexity index is 107. The van der Waals surface area contributed by atoms with E-state index in [1.54, 1.807) is 0 Å². The zero-order valence-electron chi connectivity index (χ0n) is 9.86. The first kappa shape index (κ1) is 14.7. The predicted octanol–water partition coefficient (Wildman–Crippen LogP) is 3.54. The average Bonchev–Trinajstić information content (AvgIpc) is 2.21. The Hall–Kier alpha value is 0.651. The van der Waals surface area contributed by atoms with Crippen molar-refractivity contribution in [3.8, 4) is 0 Å². The standard InChI is InChI=1S/C11H24Si3/c1-3-4-5-6-7-8-9-10-11-14(2)13-12/h3-11H2,1-2H3. The van der Waals surface area contributed by atoms with Crippen LogP contribution in [0.15, 0.2) is 0 Å². The van der Waals surface area contributed by atoms with Crippen molar-refractivity contribution in [2.45, 2.75) is 70.9 Å². The molecule has 0 nitrogen and oxygen atoms in total. The van der Waals surface area contributed by atoms with Crippen LogP contribution in [0.2, 0.25) is 12.6 Å². The molecule has 0 rings (SSSR count). The first-order valence-corrected chi connectivity index (χ1v) is 11.8. The maximum atomic E-state index is 3.64. The molecule has 80 valence electrons. The summed E-state index contributed by atoms with van der Waals surface area (Å²) >= 11 is 0. The highest BCUT2D eigenvalue weighted by Crippen LogP contribution is 2.10. The summed E-state index contributed by atoms with van der Waals surface area (Å²) in [6, 6.07) is 1.52. The van der Waals surface area contributed by atoms with Crippen molar-refractivity contribution < 1.29 is 0 Å². The van der Waals surface area contributed by atoms with Crippen LogP contribution >= 0.6 is 0 Å². The Morgan fingerprint density at radius 3 is 1.93 bits per heavy atom. The van der Waals surface area contributed by atoms with Crippen molar-refractivity contribution in [2.24, 2.45) is 0 Å². The van der Waals surface area contributed by atoms with Gasteiger partial charge in [0.25, 0.3) is 0 Å². The van der Waals surface area contributed by atoms with Gasteiger partial charge in [-0.25, -0.2) is 0 Å². The maximum absolute atomic E-state index is 3.64. The zero-order chi connectivity index (χ0) is 10.6. The molecule has 6 radical (unpaired) electrons. The highest BCUT2D eigenvalue weighted by molar-refractivity contribution is 7.31. The van der Waals surface area contributed by atoms with Gasteiger partial charge in [0.2, 0.25) is 0 Å². The monoisotopic (exact) mass is 240 g/mol. The van der Waals surface area contributed by atoms with E-state index in [4.69, 9.17) is 0 Å². The van der Waals surface area contributed by atoms with Gasteiger partial charge in [0.05, 0.1) is 0 Å². The summed E-state index contributed by atoms with van der Waals surface area (Å²) in [4.78, 5) is 0. The lowest BCUT2D eigenvalue weighted by molar-refractivity contribution is 0.584. The number of hydrogen-bond donors (Lipinski definition) is 0. The second-order valence-electron chi connectivity index (χ2n) is 4.13. The van der Waals surface area contributed by atoms with Crippen LogP contribution in [0.25, 0.3) is 0 Å². The Morgan fingerprint density at radius 1 is 0.929 bits per heavy atom. The first-order chi connectivity index (χ1) is 6.81. The predicted molar refractivity (Wildman–Crippen MR) is 70.5 cm³/mol. The zero-order valence-corrected chi connectivity index (χ0v) is 12.9. The van der Waals surface area contributed by atoms with E-state index >= 15 is 0 Å². The van der Waals surface area contributed by atoms with Gasteiger partial charge >= 0.3 is 0 Å². The molecule has 0 amide bonds. The minimum absolute atomic E-state index is 0.0114. The summed E-state index contributed by atoms with van der Waals surface area (Å²) in [7, 11) is 4.71. The highest BCUT2D eigenvalue weighted by Gasteiger charge is 2.00. The van der Waals surface area contributed by atoms with E-state index in [1.807, 2.05) is 0 Å². The molecule has 0 saturated heterocycles. The molecular formula is C11H24Si3. The molecule has 0 bridgehead atoms. The molecule has 0 fully saturated rings. The van der Waals surface area contributed by atoms with E-state index in [-0.39, 0.29) is 8.31 Å². The number of unbranched alkanes of at least 4 members (excludes halogenated alkanes) is 7. The Labute approximate surface area is 97.7 Å². The van der Waals surface area contributed by atoms with Crippen LogP contribution in [0, 0.1) is 0 Å². The summed E-state index contributed by atoms with van der Waals surface area (Å²) in [5.74, 6) is 0. The van der Waals surface area contributed by atoms with E-state index in [0.29, 0.717) is 0 Å². The molecule has 0 atom stereocenters. The van der Waals surface area contributed by atoms with Crippen molar-refractivity contribution in [3.05, 3.63) is 0 Å². The first-order valence-electron chi connectivity index (χ1n) is 6.06. The lowest BCUT2D eigenvalue weighted by Crippen LogP contribution is -2.17. The number of hydrogen-bond acceptors (Lipinski definition) is 0. The smallest absolute Gasteiger partial charge is 0.0271 e. The largest absolute Gasteiger partial charge is 0.0738 e. The van der Waals surface area contributed by atoms with Crippen molar-refractivity contribution in [3.63, 3.8) is 0 Å². The fourth-order valence-corrected chi connectivity index (χ4v) is 4.52. The van der Waals surface area contributed by atoms with Crippen LogP contribution in [0.3, 0.4) is 0 Å². The van der Waals surface area contributed by atoms with Gasteiger partial charge in [-0.05, 0) is 0 Å². The normalized spacial score (nSPS) is 11.1. The topological polar surface area (TPSA) is 0 Å². The van der Waals surface area contributed by atoms with Gasteiger partial charge in [0, 0.05) is 26.6 Å². The van der Waals surface area contributed by atoms with Gasteiger partial charge in [0.15, 0.2) is 0 Å². The van der Waals surface area contributed by atoms with Gasteiger partial charge in [-0.2, -0.15) is 0 Å². The molecule has 0 saturated carbocycles. The Morgan fingerprint density at radius 2 is 1.43 bits per heavy atom. The van der Waals surface area contributed by atoms with E-state index in [2.05, 4.69) is 23.2 Å². The van der Waals surface area contributed by atoms with Crippen molar-refractivity contribution >= 4 is 26.6 Å². The molecule has 0 spiro atoms. The minimum Gasteiger partial charge on any atom is -0.0738 e. The molecule has 14 heavy (non-hydrogen) atoms. The molecule has 0 aliphatic rings. The fourth-order valence-electron chi connectivity index (χ4n) is 1.59. The van der Waals surface area contributed by atoms with Crippen molar-refractivity contribution in [2.75, 3.05) is 0 Å². The lowest BCUT2D eigenvalue weighted by Gasteiger charge is -2.05. The molecule has 0 heterocycles. The quantitative estimate of drug-likeness (QED) is 0.405. The van der Waals surface area contributed by atoms with Gasteiger partial charge in [-0.15, -0.1) is 0 Å². The van der Waals surface area contributed by atoms with Gasteiger partial charge in [-0.3, -0.25) is 0 Å². The third kappa shape index (κ3) is 10.7. The SMILES string of the molecule is CCCCCCCCCC[Si](C)[Si][Si]. The fraction of sp³-hybridized carbons (Fsp3) is 1.00. The maximum Gasteiger partial charge on any atom is 0.0271 e. The van der Waals surface area contributed by atoms with E-state index in [0.717, 1.165) is 8.55 Å². The molecule has 0 aromatic heterocycles. The molecule has 0 N–H and O–H groups in total. The van der Waals surface area contributed by atoms with Crippen LogP contribution in [0.5, 0.6) is 0 Å². The summed E-state index contributed by atoms with van der Waals surface area (Å²) in [5, 5.41) is 0.